The minimum absolute atomic E-state index is 0.446. The molecule has 0 spiro atoms. The summed E-state index contributed by atoms with van der Waals surface area (Å²) in [5.41, 5.74) is 4.27. The zero-order chi connectivity index (χ0) is 13.2. The van der Waals surface area contributed by atoms with Crippen molar-refractivity contribution in [1.29, 1.82) is 5.26 Å². The molecule has 90 valence electrons. The van der Waals surface area contributed by atoms with Gasteiger partial charge in [-0.05, 0) is 49.1 Å². The number of aryl methyl sites for hydroxylation is 1. The molecule has 0 bridgehead atoms. The summed E-state index contributed by atoms with van der Waals surface area (Å²) in [6.07, 6.45) is 0. The molecule has 0 radical (unpaired) electrons. The van der Waals surface area contributed by atoms with Crippen LogP contribution >= 0.6 is 0 Å². The molecule has 1 nitrogen and oxygen atoms in total. The van der Waals surface area contributed by atoms with Crippen LogP contribution in [0.2, 0.25) is 0 Å². The van der Waals surface area contributed by atoms with Crippen LogP contribution in [0.1, 0.15) is 25.0 Å². The molecule has 0 aliphatic carbocycles. The summed E-state index contributed by atoms with van der Waals surface area (Å²) in [6.45, 7) is 6.01. The standard InChI is InChI=1S/C17H17N/c1-13-7-4-5-10-16(13)14-8-6-9-15(11-14)17(2,3)12-18/h4-11H,1-3H3. The van der Waals surface area contributed by atoms with E-state index >= 15 is 0 Å². The summed E-state index contributed by atoms with van der Waals surface area (Å²) in [5, 5.41) is 9.21. The van der Waals surface area contributed by atoms with Crippen molar-refractivity contribution in [2.24, 2.45) is 0 Å². The highest BCUT2D eigenvalue weighted by molar-refractivity contribution is 5.68. The summed E-state index contributed by atoms with van der Waals surface area (Å²) in [5.74, 6) is 0. The molecular weight excluding hydrogens is 218 g/mol. The smallest absolute Gasteiger partial charge is 0.0766 e. The number of hydrogen-bond donors (Lipinski definition) is 0. The average Bonchev–Trinajstić information content (AvgIpc) is 2.39. The Kier molecular flexibility index (Phi) is 3.21. The van der Waals surface area contributed by atoms with Crippen LogP contribution in [0.5, 0.6) is 0 Å². The van der Waals surface area contributed by atoms with Gasteiger partial charge < -0.3 is 0 Å². The zero-order valence-corrected chi connectivity index (χ0v) is 11.1. The largest absolute Gasteiger partial charge is 0.197 e. The van der Waals surface area contributed by atoms with E-state index in [0.29, 0.717) is 0 Å². The van der Waals surface area contributed by atoms with Gasteiger partial charge in [0.2, 0.25) is 0 Å². The molecule has 0 N–H and O–H groups in total. The first-order valence-corrected chi connectivity index (χ1v) is 6.12. The molecule has 0 saturated carbocycles. The molecule has 0 fully saturated rings. The number of nitriles is 1. The maximum Gasteiger partial charge on any atom is 0.0766 e. The Morgan fingerprint density at radius 2 is 1.72 bits per heavy atom. The van der Waals surface area contributed by atoms with Gasteiger partial charge in [-0.15, -0.1) is 0 Å². The molecule has 0 aromatic heterocycles. The molecule has 2 aromatic carbocycles. The molecule has 0 atom stereocenters. The summed E-state index contributed by atoms with van der Waals surface area (Å²) >= 11 is 0. The van der Waals surface area contributed by atoms with E-state index in [1.165, 1.54) is 16.7 Å². The van der Waals surface area contributed by atoms with Crippen LogP contribution < -0.4 is 0 Å². The SMILES string of the molecule is Cc1ccccc1-c1cccc(C(C)(C)C#N)c1. The van der Waals surface area contributed by atoms with Crippen molar-refractivity contribution in [1.82, 2.24) is 0 Å². The van der Waals surface area contributed by atoms with Crippen LogP contribution in [0, 0.1) is 18.3 Å². The fourth-order valence-corrected chi connectivity index (χ4v) is 2.04. The first-order chi connectivity index (χ1) is 8.54. The van der Waals surface area contributed by atoms with E-state index < -0.39 is 5.41 Å². The van der Waals surface area contributed by atoms with Gasteiger partial charge in [0.15, 0.2) is 0 Å². The van der Waals surface area contributed by atoms with Crippen molar-refractivity contribution in [3.05, 3.63) is 59.7 Å². The lowest BCUT2D eigenvalue weighted by atomic mass is 9.84. The van der Waals surface area contributed by atoms with Crippen molar-refractivity contribution in [2.75, 3.05) is 0 Å². The van der Waals surface area contributed by atoms with Crippen LogP contribution in [0.4, 0.5) is 0 Å². The highest BCUT2D eigenvalue weighted by atomic mass is 14.3. The number of hydrogen-bond acceptors (Lipinski definition) is 1. The molecule has 0 saturated heterocycles. The van der Waals surface area contributed by atoms with Gasteiger partial charge in [0.05, 0.1) is 11.5 Å². The normalized spacial score (nSPS) is 11.0. The third-order valence-corrected chi connectivity index (χ3v) is 3.32. The highest BCUT2D eigenvalue weighted by Crippen LogP contribution is 2.28. The highest BCUT2D eigenvalue weighted by Gasteiger charge is 2.19. The van der Waals surface area contributed by atoms with E-state index in [1.807, 2.05) is 38.1 Å². The summed E-state index contributed by atoms with van der Waals surface area (Å²) in [6, 6.07) is 18.9. The van der Waals surface area contributed by atoms with Gasteiger partial charge in [0.1, 0.15) is 0 Å². The minimum Gasteiger partial charge on any atom is -0.197 e. The number of rotatable bonds is 2. The fourth-order valence-electron chi connectivity index (χ4n) is 2.04. The van der Waals surface area contributed by atoms with E-state index in [2.05, 4.69) is 37.3 Å². The van der Waals surface area contributed by atoms with Gasteiger partial charge in [-0.3, -0.25) is 0 Å². The van der Waals surface area contributed by atoms with E-state index in [0.717, 1.165) is 5.56 Å². The van der Waals surface area contributed by atoms with Crippen molar-refractivity contribution >= 4 is 0 Å². The maximum absolute atomic E-state index is 9.21. The fraction of sp³-hybridized carbons (Fsp3) is 0.235. The van der Waals surface area contributed by atoms with E-state index in [9.17, 15) is 5.26 Å². The Labute approximate surface area is 109 Å². The van der Waals surface area contributed by atoms with E-state index in [-0.39, 0.29) is 0 Å². The van der Waals surface area contributed by atoms with Crippen molar-refractivity contribution in [3.8, 4) is 17.2 Å². The lowest BCUT2D eigenvalue weighted by Crippen LogP contribution is -2.13. The summed E-state index contributed by atoms with van der Waals surface area (Å²) < 4.78 is 0. The monoisotopic (exact) mass is 235 g/mol. The Morgan fingerprint density at radius 3 is 2.39 bits per heavy atom. The first-order valence-electron chi connectivity index (χ1n) is 6.12. The van der Waals surface area contributed by atoms with Gasteiger partial charge in [-0.2, -0.15) is 5.26 Å². The lowest BCUT2D eigenvalue weighted by molar-refractivity contribution is 0.687. The van der Waals surface area contributed by atoms with Crippen LogP contribution in [0.25, 0.3) is 11.1 Å². The van der Waals surface area contributed by atoms with Gasteiger partial charge in [0, 0.05) is 0 Å². The van der Waals surface area contributed by atoms with Crippen molar-refractivity contribution in [3.63, 3.8) is 0 Å². The molecule has 0 unspecified atom stereocenters. The lowest BCUT2D eigenvalue weighted by Gasteiger charge is -2.17. The van der Waals surface area contributed by atoms with Gasteiger partial charge in [-0.25, -0.2) is 0 Å². The van der Waals surface area contributed by atoms with Gasteiger partial charge in [0.25, 0.3) is 0 Å². The Bertz CT molecular complexity index is 603. The van der Waals surface area contributed by atoms with E-state index in [1.54, 1.807) is 0 Å². The molecule has 0 aliphatic heterocycles. The first kappa shape index (κ1) is 12.4. The molecule has 0 amide bonds. The van der Waals surface area contributed by atoms with E-state index in [4.69, 9.17) is 0 Å². The third-order valence-electron chi connectivity index (χ3n) is 3.32. The average molecular weight is 235 g/mol. The molecule has 0 aliphatic rings. The molecule has 18 heavy (non-hydrogen) atoms. The van der Waals surface area contributed by atoms with Crippen molar-refractivity contribution < 1.29 is 0 Å². The molecule has 2 aromatic rings. The molecule has 2 rings (SSSR count). The summed E-state index contributed by atoms with van der Waals surface area (Å²) in [4.78, 5) is 0. The second-order valence-electron chi connectivity index (χ2n) is 5.13. The topological polar surface area (TPSA) is 23.8 Å². The number of nitrogens with zero attached hydrogens (tertiary/aromatic N) is 1. The third kappa shape index (κ3) is 2.28. The van der Waals surface area contributed by atoms with Crippen LogP contribution in [-0.2, 0) is 5.41 Å². The quantitative estimate of drug-likeness (QED) is 0.753. The summed E-state index contributed by atoms with van der Waals surface area (Å²) in [7, 11) is 0. The van der Waals surface area contributed by atoms with Crippen LogP contribution in [0.3, 0.4) is 0 Å². The second kappa shape index (κ2) is 4.66. The number of benzene rings is 2. The Hall–Kier alpha value is -2.07. The molecule has 1 heteroatoms. The van der Waals surface area contributed by atoms with Crippen LogP contribution in [-0.4, -0.2) is 0 Å². The van der Waals surface area contributed by atoms with Gasteiger partial charge in [-0.1, -0.05) is 42.5 Å². The maximum atomic E-state index is 9.21. The van der Waals surface area contributed by atoms with Crippen molar-refractivity contribution in [2.45, 2.75) is 26.2 Å². The predicted octanol–water partition coefficient (Wildman–Crippen LogP) is 4.46. The molecular formula is C17H17N. The minimum atomic E-state index is -0.446. The Balaban J connectivity index is 2.53. The Morgan fingerprint density at radius 1 is 1.00 bits per heavy atom. The zero-order valence-electron chi connectivity index (χ0n) is 11.1. The second-order valence-corrected chi connectivity index (χ2v) is 5.13. The molecule has 0 heterocycles. The van der Waals surface area contributed by atoms with Gasteiger partial charge >= 0.3 is 0 Å². The predicted molar refractivity (Wildman–Crippen MR) is 75.3 cm³/mol. The van der Waals surface area contributed by atoms with Crippen LogP contribution in [0.15, 0.2) is 48.5 Å².